The van der Waals surface area contributed by atoms with E-state index >= 15 is 0 Å². The number of anilines is 1. The molecule has 5 N–H and O–H groups in total. The Hall–Kier alpha value is -1.18. The number of nitrogens with one attached hydrogen (secondary N) is 1. The number of rotatable bonds is 3. The Kier molecular flexibility index (Phi) is 4.07. The Bertz CT molecular complexity index is 424. The van der Waals surface area contributed by atoms with Gasteiger partial charge in [0.1, 0.15) is 18.3 Å². The van der Waals surface area contributed by atoms with Crippen LogP contribution in [-0.2, 0) is 4.74 Å². The van der Waals surface area contributed by atoms with Crippen LogP contribution in [-0.4, -0.2) is 57.7 Å². The number of hydrogen-bond donors (Lipinski definition) is 5. The van der Waals surface area contributed by atoms with Gasteiger partial charge in [-0.2, -0.15) is 0 Å². The van der Waals surface area contributed by atoms with Gasteiger partial charge in [-0.1, -0.05) is 17.7 Å². The highest BCUT2D eigenvalue weighted by molar-refractivity contribution is 5.44. The highest BCUT2D eigenvalue weighted by Crippen LogP contribution is 2.24. The van der Waals surface area contributed by atoms with Gasteiger partial charge in [-0.05, 0) is 19.1 Å². The second-order valence-corrected chi connectivity index (χ2v) is 4.88. The Labute approximate surface area is 111 Å². The Morgan fingerprint density at radius 1 is 1.26 bits per heavy atom. The van der Waals surface area contributed by atoms with Crippen LogP contribution in [0.25, 0.3) is 0 Å². The number of benzene rings is 1. The minimum atomic E-state index is -1.93. The predicted molar refractivity (Wildman–Crippen MR) is 68.6 cm³/mol. The molecule has 2 rings (SSSR count). The summed E-state index contributed by atoms with van der Waals surface area (Å²) in [6.07, 6.45) is -4.21. The molecule has 1 aliphatic rings. The van der Waals surface area contributed by atoms with Crippen LogP contribution in [0, 0.1) is 6.92 Å². The van der Waals surface area contributed by atoms with Crippen LogP contribution in [0.4, 0.5) is 5.69 Å². The molecule has 19 heavy (non-hydrogen) atoms. The van der Waals surface area contributed by atoms with Crippen LogP contribution in [0.3, 0.4) is 0 Å². The lowest BCUT2D eigenvalue weighted by Gasteiger charge is -2.41. The van der Waals surface area contributed by atoms with Crippen molar-refractivity contribution in [2.45, 2.75) is 31.0 Å². The number of hydrogen-bond acceptors (Lipinski definition) is 6. The third-order valence-electron chi connectivity index (χ3n) is 3.28. The van der Waals surface area contributed by atoms with Gasteiger partial charge in [-0.15, -0.1) is 0 Å². The molecule has 4 atom stereocenters. The molecule has 1 fully saturated rings. The van der Waals surface area contributed by atoms with Crippen molar-refractivity contribution >= 4 is 5.69 Å². The number of aliphatic hydroxyl groups excluding tert-OH is 3. The van der Waals surface area contributed by atoms with Crippen LogP contribution in [0.2, 0.25) is 0 Å². The lowest BCUT2D eigenvalue weighted by molar-refractivity contribution is -0.313. The minimum Gasteiger partial charge on any atom is -0.388 e. The van der Waals surface area contributed by atoms with E-state index in [0.29, 0.717) is 0 Å². The number of aliphatic hydroxyl groups is 4. The summed E-state index contributed by atoms with van der Waals surface area (Å²) in [7, 11) is 0. The molecule has 6 nitrogen and oxygen atoms in total. The first-order valence-corrected chi connectivity index (χ1v) is 6.13. The van der Waals surface area contributed by atoms with Crippen LogP contribution in [0.15, 0.2) is 24.3 Å². The fraction of sp³-hybridized carbons (Fsp3) is 0.538. The van der Waals surface area contributed by atoms with E-state index in [1.807, 2.05) is 31.2 Å². The van der Waals surface area contributed by atoms with Crippen molar-refractivity contribution in [1.29, 1.82) is 0 Å². The largest absolute Gasteiger partial charge is 0.388 e. The van der Waals surface area contributed by atoms with Crippen molar-refractivity contribution in [2.24, 2.45) is 0 Å². The summed E-state index contributed by atoms with van der Waals surface area (Å²) < 4.78 is 5.04. The molecule has 0 radical (unpaired) electrons. The highest BCUT2D eigenvalue weighted by atomic mass is 16.6. The molecule has 0 bridgehead atoms. The summed E-state index contributed by atoms with van der Waals surface area (Å²) in [4.78, 5) is 0. The van der Waals surface area contributed by atoms with Crippen LogP contribution < -0.4 is 5.32 Å². The zero-order valence-electron chi connectivity index (χ0n) is 10.7. The lowest BCUT2D eigenvalue weighted by Crippen LogP contribution is -2.63. The van der Waals surface area contributed by atoms with Crippen molar-refractivity contribution in [2.75, 3.05) is 18.5 Å². The van der Waals surface area contributed by atoms with Crippen LogP contribution >= 0.6 is 0 Å². The molecule has 1 aliphatic heterocycles. The first kappa shape index (κ1) is 14.2. The summed E-state index contributed by atoms with van der Waals surface area (Å²) >= 11 is 0. The molecule has 1 aromatic carbocycles. The van der Waals surface area contributed by atoms with Gasteiger partial charge < -0.3 is 30.5 Å². The third kappa shape index (κ3) is 3.05. The molecule has 106 valence electrons. The van der Waals surface area contributed by atoms with Gasteiger partial charge in [0.05, 0.1) is 13.2 Å². The molecular weight excluding hydrogens is 250 g/mol. The molecule has 0 aromatic heterocycles. The van der Waals surface area contributed by atoms with Crippen molar-refractivity contribution in [1.82, 2.24) is 0 Å². The second-order valence-electron chi connectivity index (χ2n) is 4.88. The maximum Gasteiger partial charge on any atom is 0.212 e. The Morgan fingerprint density at radius 2 is 1.89 bits per heavy atom. The maximum absolute atomic E-state index is 10.1. The van der Waals surface area contributed by atoms with E-state index in [1.165, 1.54) is 0 Å². The summed E-state index contributed by atoms with van der Waals surface area (Å²) in [5.74, 6) is -1.93. The van der Waals surface area contributed by atoms with Crippen molar-refractivity contribution < 1.29 is 25.2 Å². The van der Waals surface area contributed by atoms with Crippen molar-refractivity contribution in [3.05, 3.63) is 29.8 Å². The van der Waals surface area contributed by atoms with E-state index in [0.717, 1.165) is 11.3 Å². The molecular formula is C13H19NO5. The standard InChI is InChI=1S/C13H19NO5/c1-8-2-4-9(5-3-8)14-7-13(18)12(17)11(16)10(15)6-19-13/h2-5,10-12,14-18H,6-7H2,1H3/t10-,11-,12-,13+/m1/s1. The highest BCUT2D eigenvalue weighted by Gasteiger charge is 2.48. The smallest absolute Gasteiger partial charge is 0.212 e. The average Bonchev–Trinajstić information content (AvgIpc) is 2.41. The Balaban J connectivity index is 1.99. The van der Waals surface area contributed by atoms with Gasteiger partial charge in [0.25, 0.3) is 0 Å². The molecule has 1 aromatic rings. The fourth-order valence-corrected chi connectivity index (χ4v) is 1.95. The van der Waals surface area contributed by atoms with E-state index in [-0.39, 0.29) is 13.2 Å². The summed E-state index contributed by atoms with van der Waals surface area (Å²) in [5.41, 5.74) is 1.87. The second kappa shape index (κ2) is 5.44. The monoisotopic (exact) mass is 269 g/mol. The number of aryl methyl sites for hydroxylation is 1. The molecule has 1 saturated heterocycles. The zero-order chi connectivity index (χ0) is 14.0. The summed E-state index contributed by atoms with van der Waals surface area (Å²) in [6.45, 7) is 1.63. The fourth-order valence-electron chi connectivity index (χ4n) is 1.95. The van der Waals surface area contributed by atoms with E-state index in [9.17, 15) is 20.4 Å². The molecule has 1 heterocycles. The first-order chi connectivity index (χ1) is 8.92. The van der Waals surface area contributed by atoms with Gasteiger partial charge in [-0.3, -0.25) is 0 Å². The quantitative estimate of drug-likeness (QED) is 0.493. The van der Waals surface area contributed by atoms with E-state index in [4.69, 9.17) is 4.74 Å². The van der Waals surface area contributed by atoms with E-state index in [2.05, 4.69) is 5.32 Å². The molecule has 0 saturated carbocycles. The molecule has 0 spiro atoms. The van der Waals surface area contributed by atoms with Crippen molar-refractivity contribution in [3.63, 3.8) is 0 Å². The molecule has 0 aliphatic carbocycles. The third-order valence-corrected chi connectivity index (χ3v) is 3.28. The SMILES string of the molecule is Cc1ccc(NC[C@]2(O)OC[C@@H](O)[C@@H](O)[C@H]2O)cc1. The van der Waals surface area contributed by atoms with Crippen LogP contribution in [0.5, 0.6) is 0 Å². The van der Waals surface area contributed by atoms with Gasteiger partial charge in [-0.25, -0.2) is 0 Å². The van der Waals surface area contributed by atoms with Crippen molar-refractivity contribution in [3.8, 4) is 0 Å². The summed E-state index contributed by atoms with van der Waals surface area (Å²) in [5, 5.41) is 41.7. The van der Waals surface area contributed by atoms with E-state index in [1.54, 1.807) is 0 Å². The first-order valence-electron chi connectivity index (χ1n) is 6.13. The van der Waals surface area contributed by atoms with Crippen LogP contribution in [0.1, 0.15) is 5.56 Å². The maximum atomic E-state index is 10.1. The van der Waals surface area contributed by atoms with Gasteiger partial charge in [0.2, 0.25) is 5.79 Å². The Morgan fingerprint density at radius 3 is 2.53 bits per heavy atom. The average molecular weight is 269 g/mol. The molecule has 0 amide bonds. The summed E-state index contributed by atoms with van der Waals surface area (Å²) in [6, 6.07) is 7.48. The zero-order valence-corrected chi connectivity index (χ0v) is 10.7. The van der Waals surface area contributed by atoms with Gasteiger partial charge >= 0.3 is 0 Å². The molecule has 6 heteroatoms. The lowest BCUT2D eigenvalue weighted by atomic mass is 9.97. The predicted octanol–water partition coefficient (Wildman–Crippen LogP) is -0.792. The van der Waals surface area contributed by atoms with Gasteiger partial charge in [0, 0.05) is 5.69 Å². The normalized spacial score (nSPS) is 35.1. The molecule has 0 unspecified atom stereocenters. The minimum absolute atomic E-state index is 0.0962. The topological polar surface area (TPSA) is 102 Å². The van der Waals surface area contributed by atoms with Gasteiger partial charge in [0.15, 0.2) is 0 Å². The number of ether oxygens (including phenoxy) is 1. The van der Waals surface area contributed by atoms with E-state index < -0.39 is 24.1 Å².